The highest BCUT2D eigenvalue weighted by Gasteiger charge is 2.12. The van der Waals surface area contributed by atoms with E-state index in [-0.39, 0.29) is 6.04 Å². The van der Waals surface area contributed by atoms with Crippen LogP contribution in [0.3, 0.4) is 0 Å². The fourth-order valence-corrected chi connectivity index (χ4v) is 3.34. The van der Waals surface area contributed by atoms with Gasteiger partial charge in [-0.15, -0.1) is 5.10 Å². The third-order valence-corrected chi connectivity index (χ3v) is 4.60. The second-order valence-electron chi connectivity index (χ2n) is 6.12. The zero-order chi connectivity index (χ0) is 19.2. The number of rotatable bonds is 6. The second kappa shape index (κ2) is 8.58. The van der Waals surface area contributed by atoms with Crippen LogP contribution in [0.25, 0.3) is 11.4 Å². The molecule has 0 spiro atoms. The monoisotopic (exact) mass is 377 g/mol. The Hall–Kier alpha value is -3.02. The zero-order valence-electron chi connectivity index (χ0n) is 15.0. The number of hydrogen-bond acceptors (Lipinski definition) is 8. The Morgan fingerprint density at radius 1 is 1.19 bits per heavy atom. The molecule has 7 nitrogen and oxygen atoms in total. The van der Waals surface area contributed by atoms with Crippen molar-refractivity contribution in [1.82, 2.24) is 20.2 Å². The molecule has 3 rings (SSSR count). The second-order valence-corrected chi connectivity index (χ2v) is 7.23. The van der Waals surface area contributed by atoms with Gasteiger partial charge in [0.15, 0.2) is 5.82 Å². The van der Waals surface area contributed by atoms with Crippen LogP contribution in [0.4, 0.5) is 5.82 Å². The van der Waals surface area contributed by atoms with Crippen LogP contribution in [0.15, 0.2) is 52.6 Å². The summed E-state index contributed by atoms with van der Waals surface area (Å²) in [4.78, 5) is 10.6. The first-order chi connectivity index (χ1) is 13.1. The summed E-state index contributed by atoms with van der Waals surface area (Å²) in [5.41, 5.74) is 7.90. The number of nitrogens with one attached hydrogen (secondary N) is 1. The zero-order valence-corrected chi connectivity index (χ0v) is 15.9. The molecule has 0 aliphatic rings. The number of nitrogens with zero attached hydrogens (tertiary/aromatic N) is 5. The van der Waals surface area contributed by atoms with Crippen LogP contribution in [0.5, 0.6) is 0 Å². The largest absolute Gasteiger partial charge is 0.366 e. The maximum Gasteiger partial charge on any atom is 0.160 e. The molecule has 0 saturated heterocycles. The molecule has 0 amide bonds. The van der Waals surface area contributed by atoms with Crippen LogP contribution in [0.1, 0.15) is 25.0 Å². The molecule has 0 atom stereocenters. The van der Waals surface area contributed by atoms with Gasteiger partial charge in [-0.25, -0.2) is 9.97 Å². The minimum Gasteiger partial charge on any atom is -0.366 e. The molecule has 0 aliphatic heterocycles. The van der Waals surface area contributed by atoms with E-state index in [9.17, 15) is 5.26 Å². The highest BCUT2D eigenvalue weighted by Crippen LogP contribution is 2.35. The van der Waals surface area contributed by atoms with Crippen LogP contribution in [-0.2, 0) is 6.54 Å². The topological polar surface area (TPSA) is 113 Å². The predicted molar refractivity (Wildman–Crippen MR) is 105 cm³/mol. The van der Waals surface area contributed by atoms with Gasteiger partial charge in [-0.2, -0.15) is 10.4 Å². The number of nitriles is 1. The average molecular weight is 377 g/mol. The van der Waals surface area contributed by atoms with E-state index in [0.717, 1.165) is 20.9 Å². The van der Waals surface area contributed by atoms with Crippen molar-refractivity contribution >= 4 is 17.6 Å². The molecule has 3 aromatic rings. The van der Waals surface area contributed by atoms with Crippen LogP contribution in [0.2, 0.25) is 0 Å². The Bertz CT molecular complexity index is 965. The Kier molecular flexibility index (Phi) is 5.96. The minimum absolute atomic E-state index is 0.256. The quantitative estimate of drug-likeness (QED) is 0.673. The van der Waals surface area contributed by atoms with E-state index in [4.69, 9.17) is 5.73 Å². The van der Waals surface area contributed by atoms with Crippen LogP contribution in [-0.4, -0.2) is 26.2 Å². The summed E-state index contributed by atoms with van der Waals surface area (Å²) in [6.07, 6.45) is 5.12. The lowest BCUT2D eigenvalue weighted by molar-refractivity contribution is 0.868. The molecule has 0 fully saturated rings. The van der Waals surface area contributed by atoms with Crippen molar-refractivity contribution in [3.05, 3.63) is 54.0 Å². The number of benzene rings is 1. The summed E-state index contributed by atoms with van der Waals surface area (Å²) >= 11 is 1.49. The van der Waals surface area contributed by atoms with Crippen molar-refractivity contribution in [1.29, 1.82) is 5.26 Å². The maximum atomic E-state index is 9.26. The van der Waals surface area contributed by atoms with Crippen molar-refractivity contribution in [3.8, 4) is 17.5 Å². The highest BCUT2D eigenvalue weighted by molar-refractivity contribution is 7.99. The first kappa shape index (κ1) is 18.8. The van der Waals surface area contributed by atoms with Gasteiger partial charge >= 0.3 is 0 Å². The maximum absolute atomic E-state index is 9.26. The van der Waals surface area contributed by atoms with Gasteiger partial charge in [0, 0.05) is 45.9 Å². The van der Waals surface area contributed by atoms with Crippen LogP contribution in [0, 0.1) is 11.3 Å². The smallest absolute Gasteiger partial charge is 0.160 e. The molecule has 2 heterocycles. The molecule has 27 heavy (non-hydrogen) atoms. The Labute approximate surface area is 162 Å². The third-order valence-electron chi connectivity index (χ3n) is 3.59. The van der Waals surface area contributed by atoms with Gasteiger partial charge in [0.05, 0.1) is 17.8 Å². The Balaban J connectivity index is 1.97. The summed E-state index contributed by atoms with van der Waals surface area (Å²) < 4.78 is 0. The van der Waals surface area contributed by atoms with Gasteiger partial charge in [0.25, 0.3) is 0 Å². The molecule has 2 aromatic heterocycles. The van der Waals surface area contributed by atoms with Gasteiger partial charge in [0.1, 0.15) is 5.82 Å². The normalized spacial score (nSPS) is 10.6. The summed E-state index contributed by atoms with van der Waals surface area (Å²) in [7, 11) is 0. The summed E-state index contributed by atoms with van der Waals surface area (Å²) in [5, 5.41) is 20.7. The first-order valence-corrected chi connectivity index (χ1v) is 9.23. The van der Waals surface area contributed by atoms with E-state index < -0.39 is 0 Å². The number of anilines is 1. The van der Waals surface area contributed by atoms with E-state index in [1.807, 2.05) is 32.0 Å². The average Bonchev–Trinajstić information content (AvgIpc) is 2.68. The van der Waals surface area contributed by atoms with Crippen LogP contribution < -0.4 is 11.1 Å². The van der Waals surface area contributed by atoms with Crippen molar-refractivity contribution in [2.24, 2.45) is 5.73 Å². The number of aromatic nitrogens is 4. The third kappa shape index (κ3) is 4.78. The molecule has 3 N–H and O–H groups in total. The Morgan fingerprint density at radius 3 is 2.63 bits per heavy atom. The predicted octanol–water partition coefficient (Wildman–Crippen LogP) is 3.24. The number of hydrogen-bond donors (Lipinski definition) is 2. The van der Waals surface area contributed by atoms with Gasteiger partial charge in [-0.1, -0.05) is 11.8 Å². The van der Waals surface area contributed by atoms with Crippen LogP contribution >= 0.6 is 11.8 Å². The standard InChI is InChI=1S/C19H19N7S/c1-12(2)25-18-6-15(11-24-26-18)27-17-5-13(7-20)3-4-16(17)19-22-9-14(8-21)10-23-19/h3-6,9-12H,8,21H2,1-2H3,(H,25,26). The first-order valence-electron chi connectivity index (χ1n) is 8.41. The summed E-state index contributed by atoms with van der Waals surface area (Å²) in [6.45, 7) is 4.47. The SMILES string of the molecule is CC(C)Nc1cc(Sc2cc(C#N)ccc2-c2ncc(CN)cn2)cnn1. The molecule has 0 saturated carbocycles. The summed E-state index contributed by atoms with van der Waals surface area (Å²) in [5.74, 6) is 1.29. The Morgan fingerprint density at radius 2 is 1.96 bits per heavy atom. The summed E-state index contributed by atoms with van der Waals surface area (Å²) in [6, 6.07) is 9.81. The van der Waals surface area contributed by atoms with E-state index in [1.165, 1.54) is 11.8 Å². The number of nitrogens with two attached hydrogens (primary N) is 1. The lowest BCUT2D eigenvalue weighted by Gasteiger charge is -2.11. The van der Waals surface area contributed by atoms with Crippen molar-refractivity contribution in [3.63, 3.8) is 0 Å². The van der Waals surface area contributed by atoms with E-state index in [0.29, 0.717) is 23.8 Å². The highest BCUT2D eigenvalue weighted by atomic mass is 32.2. The van der Waals surface area contributed by atoms with Gasteiger partial charge < -0.3 is 11.1 Å². The lowest BCUT2D eigenvalue weighted by Crippen LogP contribution is -2.11. The molecule has 0 unspecified atom stereocenters. The molecular formula is C19H19N7S. The van der Waals surface area contributed by atoms with Gasteiger partial charge in [-0.3, -0.25) is 0 Å². The molecule has 0 bridgehead atoms. The molecule has 0 radical (unpaired) electrons. The van der Waals surface area contributed by atoms with Crippen molar-refractivity contribution in [2.75, 3.05) is 5.32 Å². The van der Waals surface area contributed by atoms with Gasteiger partial charge in [0.2, 0.25) is 0 Å². The fourth-order valence-electron chi connectivity index (χ4n) is 2.36. The van der Waals surface area contributed by atoms with E-state index in [1.54, 1.807) is 24.7 Å². The fraction of sp³-hybridized carbons (Fsp3) is 0.211. The lowest BCUT2D eigenvalue weighted by atomic mass is 10.1. The van der Waals surface area contributed by atoms with Crippen molar-refractivity contribution < 1.29 is 0 Å². The molecule has 1 aromatic carbocycles. The molecular weight excluding hydrogens is 358 g/mol. The molecule has 136 valence electrons. The minimum atomic E-state index is 0.256. The van der Waals surface area contributed by atoms with Crippen molar-refractivity contribution in [2.45, 2.75) is 36.2 Å². The van der Waals surface area contributed by atoms with E-state index in [2.05, 4.69) is 31.6 Å². The van der Waals surface area contributed by atoms with Gasteiger partial charge in [-0.05, 0) is 38.1 Å². The van der Waals surface area contributed by atoms with E-state index >= 15 is 0 Å². The molecule has 8 heteroatoms. The molecule has 0 aliphatic carbocycles.